The SMILES string of the molecule is CNc1ccnc(C(C)=O)c1. The first kappa shape index (κ1) is 7.72. The van der Waals surface area contributed by atoms with E-state index in [0.29, 0.717) is 5.69 Å². The van der Waals surface area contributed by atoms with Crippen LogP contribution in [0.1, 0.15) is 17.4 Å². The second kappa shape index (κ2) is 3.14. The average Bonchev–Trinajstić information content (AvgIpc) is 2.05. The van der Waals surface area contributed by atoms with Crippen molar-refractivity contribution in [2.75, 3.05) is 12.4 Å². The predicted octanol–water partition coefficient (Wildman–Crippen LogP) is 1.33. The molecule has 0 radical (unpaired) electrons. The molecule has 11 heavy (non-hydrogen) atoms. The molecule has 0 saturated heterocycles. The van der Waals surface area contributed by atoms with Crippen LogP contribution in [0.4, 0.5) is 5.69 Å². The van der Waals surface area contributed by atoms with Crippen molar-refractivity contribution in [1.29, 1.82) is 0 Å². The van der Waals surface area contributed by atoms with Gasteiger partial charge in [-0.05, 0) is 12.1 Å². The summed E-state index contributed by atoms with van der Waals surface area (Å²) in [6.07, 6.45) is 1.61. The molecular formula is C8H10N2O. The number of carbonyl (C=O) groups excluding carboxylic acids is 1. The molecule has 1 N–H and O–H groups in total. The topological polar surface area (TPSA) is 42.0 Å². The molecule has 0 aliphatic rings. The van der Waals surface area contributed by atoms with Crippen molar-refractivity contribution in [2.24, 2.45) is 0 Å². The average molecular weight is 150 g/mol. The van der Waals surface area contributed by atoms with Gasteiger partial charge in [0.15, 0.2) is 5.78 Å². The van der Waals surface area contributed by atoms with E-state index in [9.17, 15) is 4.79 Å². The van der Waals surface area contributed by atoms with Crippen molar-refractivity contribution in [3.8, 4) is 0 Å². The Morgan fingerprint density at radius 1 is 1.64 bits per heavy atom. The van der Waals surface area contributed by atoms with Gasteiger partial charge in [0.05, 0.1) is 0 Å². The van der Waals surface area contributed by atoms with Gasteiger partial charge < -0.3 is 5.32 Å². The van der Waals surface area contributed by atoms with Crippen LogP contribution < -0.4 is 5.32 Å². The summed E-state index contributed by atoms with van der Waals surface area (Å²) in [5.41, 5.74) is 1.40. The Bertz CT molecular complexity index is 271. The van der Waals surface area contributed by atoms with Crippen molar-refractivity contribution in [1.82, 2.24) is 4.98 Å². The monoisotopic (exact) mass is 150 g/mol. The van der Waals surface area contributed by atoms with Crippen LogP contribution >= 0.6 is 0 Å². The molecule has 1 aromatic rings. The standard InChI is InChI=1S/C8H10N2O/c1-6(11)8-5-7(9-2)3-4-10-8/h3-5H,1-2H3,(H,9,10). The third kappa shape index (κ3) is 1.77. The van der Waals surface area contributed by atoms with Crippen LogP contribution in [-0.4, -0.2) is 17.8 Å². The summed E-state index contributed by atoms with van der Waals surface area (Å²) < 4.78 is 0. The third-order valence-electron chi connectivity index (χ3n) is 1.41. The minimum atomic E-state index is -0.0119. The first-order valence-corrected chi connectivity index (χ1v) is 3.39. The zero-order chi connectivity index (χ0) is 8.27. The van der Waals surface area contributed by atoms with Crippen molar-refractivity contribution < 1.29 is 4.79 Å². The fourth-order valence-electron chi connectivity index (χ4n) is 0.779. The van der Waals surface area contributed by atoms with Crippen molar-refractivity contribution in [3.63, 3.8) is 0 Å². The van der Waals surface area contributed by atoms with Crippen LogP contribution in [0.2, 0.25) is 0 Å². The Morgan fingerprint density at radius 3 is 2.91 bits per heavy atom. The van der Waals surface area contributed by atoms with E-state index in [2.05, 4.69) is 10.3 Å². The normalized spacial score (nSPS) is 9.27. The molecular weight excluding hydrogens is 140 g/mol. The maximum Gasteiger partial charge on any atom is 0.178 e. The lowest BCUT2D eigenvalue weighted by molar-refractivity contribution is 0.101. The molecule has 0 amide bonds. The highest BCUT2D eigenvalue weighted by molar-refractivity contribution is 5.92. The zero-order valence-corrected chi connectivity index (χ0v) is 6.59. The zero-order valence-electron chi connectivity index (χ0n) is 6.59. The number of nitrogens with one attached hydrogen (secondary N) is 1. The van der Waals surface area contributed by atoms with E-state index in [1.54, 1.807) is 19.3 Å². The van der Waals surface area contributed by atoms with Crippen LogP contribution in [0.15, 0.2) is 18.3 Å². The first-order valence-electron chi connectivity index (χ1n) is 3.39. The number of hydrogen-bond acceptors (Lipinski definition) is 3. The van der Waals surface area contributed by atoms with Gasteiger partial charge in [-0.1, -0.05) is 0 Å². The Balaban J connectivity index is 3.01. The molecule has 1 rings (SSSR count). The highest BCUT2D eigenvalue weighted by Gasteiger charge is 1.99. The minimum Gasteiger partial charge on any atom is -0.388 e. The summed E-state index contributed by atoms with van der Waals surface area (Å²) in [4.78, 5) is 14.7. The van der Waals surface area contributed by atoms with Gasteiger partial charge in [-0.3, -0.25) is 9.78 Å². The maximum atomic E-state index is 10.8. The summed E-state index contributed by atoms with van der Waals surface area (Å²) in [6.45, 7) is 1.50. The van der Waals surface area contributed by atoms with Gasteiger partial charge in [0.2, 0.25) is 0 Å². The van der Waals surface area contributed by atoms with E-state index in [1.165, 1.54) is 6.92 Å². The Morgan fingerprint density at radius 2 is 2.36 bits per heavy atom. The molecule has 3 heteroatoms. The molecule has 0 fully saturated rings. The van der Waals surface area contributed by atoms with Gasteiger partial charge in [-0.25, -0.2) is 0 Å². The Kier molecular flexibility index (Phi) is 2.21. The molecule has 0 aliphatic heterocycles. The largest absolute Gasteiger partial charge is 0.388 e. The molecule has 0 saturated carbocycles. The lowest BCUT2D eigenvalue weighted by Gasteiger charge is -1.99. The molecule has 0 unspecified atom stereocenters. The van der Waals surface area contributed by atoms with Crippen LogP contribution in [-0.2, 0) is 0 Å². The molecule has 0 aliphatic carbocycles. The minimum absolute atomic E-state index is 0.0119. The van der Waals surface area contributed by atoms with Gasteiger partial charge in [-0.15, -0.1) is 0 Å². The quantitative estimate of drug-likeness (QED) is 0.646. The first-order chi connectivity index (χ1) is 5.24. The number of carbonyl (C=O) groups is 1. The van der Waals surface area contributed by atoms with E-state index in [4.69, 9.17) is 0 Å². The van der Waals surface area contributed by atoms with Gasteiger partial charge in [0.1, 0.15) is 5.69 Å². The Labute approximate surface area is 65.5 Å². The van der Waals surface area contributed by atoms with Crippen LogP contribution in [0.25, 0.3) is 0 Å². The van der Waals surface area contributed by atoms with Crippen LogP contribution in [0, 0.1) is 0 Å². The summed E-state index contributed by atoms with van der Waals surface area (Å²) in [5, 5.41) is 2.93. The van der Waals surface area contributed by atoms with E-state index < -0.39 is 0 Å². The molecule has 3 nitrogen and oxygen atoms in total. The van der Waals surface area contributed by atoms with Gasteiger partial charge in [-0.2, -0.15) is 0 Å². The third-order valence-corrected chi connectivity index (χ3v) is 1.41. The second-order valence-corrected chi connectivity index (χ2v) is 2.24. The molecule has 0 bridgehead atoms. The highest BCUT2D eigenvalue weighted by atomic mass is 16.1. The number of ketones is 1. The van der Waals surface area contributed by atoms with Gasteiger partial charge in [0, 0.05) is 25.9 Å². The maximum absolute atomic E-state index is 10.8. The lowest BCUT2D eigenvalue weighted by Crippen LogP contribution is -1.97. The van der Waals surface area contributed by atoms with E-state index >= 15 is 0 Å². The summed E-state index contributed by atoms with van der Waals surface area (Å²) in [6, 6.07) is 3.54. The Hall–Kier alpha value is -1.38. The van der Waals surface area contributed by atoms with E-state index in [-0.39, 0.29) is 5.78 Å². The second-order valence-electron chi connectivity index (χ2n) is 2.24. The summed E-state index contributed by atoms with van der Waals surface area (Å²) in [7, 11) is 1.80. The number of Topliss-reactive ketones (excluding diaryl/α,β-unsaturated/α-hetero) is 1. The molecule has 0 atom stereocenters. The number of pyridine rings is 1. The van der Waals surface area contributed by atoms with Crippen LogP contribution in [0.3, 0.4) is 0 Å². The van der Waals surface area contributed by atoms with Crippen molar-refractivity contribution in [2.45, 2.75) is 6.92 Å². The van der Waals surface area contributed by atoms with Crippen molar-refractivity contribution in [3.05, 3.63) is 24.0 Å². The van der Waals surface area contributed by atoms with Gasteiger partial charge >= 0.3 is 0 Å². The number of rotatable bonds is 2. The molecule has 0 aromatic carbocycles. The molecule has 1 heterocycles. The highest BCUT2D eigenvalue weighted by Crippen LogP contribution is 2.06. The van der Waals surface area contributed by atoms with E-state index in [1.807, 2.05) is 6.07 Å². The molecule has 1 aromatic heterocycles. The van der Waals surface area contributed by atoms with Gasteiger partial charge in [0.25, 0.3) is 0 Å². The number of hydrogen-bond donors (Lipinski definition) is 1. The summed E-state index contributed by atoms with van der Waals surface area (Å²) in [5.74, 6) is -0.0119. The predicted molar refractivity (Wildman–Crippen MR) is 43.8 cm³/mol. The smallest absolute Gasteiger partial charge is 0.178 e. The molecule has 0 spiro atoms. The fourth-order valence-corrected chi connectivity index (χ4v) is 0.779. The fraction of sp³-hybridized carbons (Fsp3) is 0.250. The number of anilines is 1. The lowest BCUT2D eigenvalue weighted by atomic mass is 10.2. The number of nitrogens with zero attached hydrogens (tertiary/aromatic N) is 1. The van der Waals surface area contributed by atoms with Crippen molar-refractivity contribution >= 4 is 11.5 Å². The van der Waals surface area contributed by atoms with Crippen LogP contribution in [0.5, 0.6) is 0 Å². The molecule has 58 valence electrons. The number of aromatic nitrogens is 1. The summed E-state index contributed by atoms with van der Waals surface area (Å²) >= 11 is 0. The van der Waals surface area contributed by atoms with E-state index in [0.717, 1.165) is 5.69 Å².